The second-order valence-corrected chi connectivity index (χ2v) is 6.01. The first-order valence-electron chi connectivity index (χ1n) is 6.71. The van der Waals surface area contributed by atoms with Gasteiger partial charge in [-0.05, 0) is 35.5 Å². The minimum Gasteiger partial charge on any atom is -0.280 e. The van der Waals surface area contributed by atoms with Crippen LogP contribution in [-0.2, 0) is 6.54 Å². The first-order chi connectivity index (χ1) is 10.7. The Morgan fingerprint density at radius 2 is 1.86 bits per heavy atom. The van der Waals surface area contributed by atoms with E-state index in [1.807, 2.05) is 47.0 Å². The Balaban J connectivity index is 1.86. The number of nitrogens with zero attached hydrogens (tertiary/aromatic N) is 3. The summed E-state index contributed by atoms with van der Waals surface area (Å²) in [4.78, 5) is 4.44. The average molecular weight is 373 g/mol. The lowest BCUT2D eigenvalue weighted by atomic mass is 10.2. The Hall–Kier alpha value is -2.05. The summed E-state index contributed by atoms with van der Waals surface area (Å²) < 4.78 is 3.48. The number of benzene rings is 2. The van der Waals surface area contributed by atoms with Gasteiger partial charge in [-0.3, -0.25) is 4.57 Å². The van der Waals surface area contributed by atoms with Crippen LogP contribution < -0.4 is 0 Å². The van der Waals surface area contributed by atoms with Crippen LogP contribution in [0.5, 0.6) is 0 Å². The van der Waals surface area contributed by atoms with Gasteiger partial charge in [0, 0.05) is 10.7 Å². The predicted octanol–water partition coefficient (Wildman–Crippen LogP) is 4.50. The summed E-state index contributed by atoms with van der Waals surface area (Å²) in [6.07, 6.45) is 1.78. The summed E-state index contributed by atoms with van der Waals surface area (Å²) in [7, 11) is 0. The molecular weight excluding hydrogens is 360 g/mol. The molecule has 0 unspecified atom stereocenters. The first-order valence-corrected chi connectivity index (χ1v) is 7.91. The Bertz CT molecular complexity index is 835. The predicted molar refractivity (Wildman–Crippen MR) is 94.4 cm³/mol. The van der Waals surface area contributed by atoms with Crippen molar-refractivity contribution in [1.82, 2.24) is 14.8 Å². The molecule has 0 bridgehead atoms. The lowest BCUT2D eigenvalue weighted by Crippen LogP contribution is -1.99. The summed E-state index contributed by atoms with van der Waals surface area (Å²) >= 11 is 8.70. The summed E-state index contributed by atoms with van der Waals surface area (Å²) in [5.41, 5.74) is 2.16. The summed E-state index contributed by atoms with van der Waals surface area (Å²) in [6.45, 7) is 0.642. The number of aromatic amines is 1. The number of halogens is 1. The van der Waals surface area contributed by atoms with Gasteiger partial charge in [-0.15, -0.1) is 5.10 Å². The molecular formula is C16H13BrN4S. The van der Waals surface area contributed by atoms with Crippen LogP contribution in [0.25, 0.3) is 0 Å². The van der Waals surface area contributed by atoms with E-state index in [4.69, 9.17) is 12.2 Å². The molecule has 1 N–H and O–H groups in total. The number of nitrogens with one attached hydrogen (secondary N) is 1. The molecule has 0 radical (unpaired) electrons. The third-order valence-electron chi connectivity index (χ3n) is 3.12. The molecule has 2 aromatic carbocycles. The molecule has 6 heteroatoms. The number of rotatable bonds is 4. The van der Waals surface area contributed by atoms with Crippen LogP contribution in [0, 0.1) is 4.77 Å². The lowest BCUT2D eigenvalue weighted by molar-refractivity contribution is 0.785. The number of hydrogen-bond donors (Lipinski definition) is 1. The molecule has 4 nitrogen and oxygen atoms in total. The normalized spacial score (nSPS) is 11.1. The molecule has 0 fully saturated rings. The van der Waals surface area contributed by atoms with Crippen LogP contribution >= 0.6 is 28.1 Å². The number of hydrogen-bond acceptors (Lipinski definition) is 3. The van der Waals surface area contributed by atoms with Crippen molar-refractivity contribution in [2.75, 3.05) is 0 Å². The zero-order valence-corrected chi connectivity index (χ0v) is 14.0. The summed E-state index contributed by atoms with van der Waals surface area (Å²) in [5.74, 6) is 0.566. The molecule has 3 aromatic rings. The highest BCUT2D eigenvalue weighted by Gasteiger charge is 2.04. The van der Waals surface area contributed by atoms with Gasteiger partial charge >= 0.3 is 0 Å². The van der Waals surface area contributed by atoms with Gasteiger partial charge in [0.25, 0.3) is 0 Å². The number of H-pyrrole nitrogens is 1. The highest BCUT2D eigenvalue weighted by molar-refractivity contribution is 9.10. The quantitative estimate of drug-likeness (QED) is 0.541. The van der Waals surface area contributed by atoms with Gasteiger partial charge in [-0.25, -0.2) is 10.1 Å². The van der Waals surface area contributed by atoms with E-state index in [9.17, 15) is 0 Å². The average Bonchev–Trinajstić information content (AvgIpc) is 2.88. The van der Waals surface area contributed by atoms with Crippen molar-refractivity contribution in [1.29, 1.82) is 0 Å². The fraction of sp³-hybridized carbons (Fsp3) is 0.0625. The minimum atomic E-state index is 0.562. The van der Waals surface area contributed by atoms with Crippen LogP contribution in [0.4, 0.5) is 5.95 Å². The van der Waals surface area contributed by atoms with Crippen LogP contribution in [-0.4, -0.2) is 21.0 Å². The Morgan fingerprint density at radius 1 is 1.14 bits per heavy atom. The lowest BCUT2D eigenvalue weighted by Gasteiger charge is -2.03. The maximum absolute atomic E-state index is 5.28. The molecule has 0 aliphatic carbocycles. The van der Waals surface area contributed by atoms with Crippen molar-refractivity contribution >= 4 is 40.3 Å². The van der Waals surface area contributed by atoms with E-state index in [-0.39, 0.29) is 0 Å². The van der Waals surface area contributed by atoms with Gasteiger partial charge in [0.15, 0.2) is 4.77 Å². The van der Waals surface area contributed by atoms with E-state index in [1.54, 1.807) is 6.21 Å². The Kier molecular flexibility index (Phi) is 4.60. The molecule has 0 atom stereocenters. The zero-order valence-electron chi connectivity index (χ0n) is 11.6. The van der Waals surface area contributed by atoms with E-state index in [2.05, 4.69) is 43.3 Å². The monoisotopic (exact) mass is 372 g/mol. The Labute approximate surface area is 141 Å². The highest BCUT2D eigenvalue weighted by Crippen LogP contribution is 2.13. The SMILES string of the molecule is S=c1[nH]nc(/N=C/c2ccc(Br)cc2)n1Cc1ccccc1. The van der Waals surface area contributed by atoms with E-state index in [1.165, 1.54) is 0 Å². The molecule has 3 rings (SSSR count). The molecule has 0 amide bonds. The van der Waals surface area contributed by atoms with Crippen molar-refractivity contribution < 1.29 is 0 Å². The molecule has 0 aliphatic heterocycles. The van der Waals surface area contributed by atoms with Crippen molar-refractivity contribution in [3.63, 3.8) is 0 Å². The van der Waals surface area contributed by atoms with Crippen molar-refractivity contribution in [2.45, 2.75) is 6.54 Å². The van der Waals surface area contributed by atoms with E-state index in [0.29, 0.717) is 17.3 Å². The fourth-order valence-corrected chi connectivity index (χ4v) is 2.45. The largest absolute Gasteiger partial charge is 0.280 e. The van der Waals surface area contributed by atoms with Gasteiger partial charge in [0.1, 0.15) is 0 Å². The topological polar surface area (TPSA) is 46.0 Å². The number of aliphatic imine (C=N–C) groups is 1. The third kappa shape index (κ3) is 3.58. The molecule has 22 heavy (non-hydrogen) atoms. The Morgan fingerprint density at radius 3 is 2.59 bits per heavy atom. The summed E-state index contributed by atoms with van der Waals surface area (Å²) in [5, 5.41) is 6.98. The van der Waals surface area contributed by atoms with Gasteiger partial charge < -0.3 is 0 Å². The van der Waals surface area contributed by atoms with E-state index >= 15 is 0 Å². The van der Waals surface area contributed by atoms with E-state index < -0.39 is 0 Å². The zero-order chi connectivity index (χ0) is 15.4. The fourth-order valence-electron chi connectivity index (χ4n) is 2.00. The second kappa shape index (κ2) is 6.81. The number of aromatic nitrogens is 3. The molecule has 1 aromatic heterocycles. The molecule has 110 valence electrons. The molecule has 0 saturated carbocycles. The first kappa shape index (κ1) is 14.9. The second-order valence-electron chi connectivity index (χ2n) is 4.71. The maximum atomic E-state index is 5.28. The van der Waals surface area contributed by atoms with Crippen LogP contribution in [0.3, 0.4) is 0 Å². The van der Waals surface area contributed by atoms with Crippen LogP contribution in [0.1, 0.15) is 11.1 Å². The molecule has 1 heterocycles. The standard InChI is InChI=1S/C16H13BrN4S/c17-14-8-6-12(7-9-14)10-18-15-19-20-16(22)21(15)11-13-4-2-1-3-5-13/h1-10H,11H2,(H,20,22)/b18-10+. The minimum absolute atomic E-state index is 0.562. The van der Waals surface area contributed by atoms with Crippen molar-refractivity contribution in [3.8, 4) is 0 Å². The van der Waals surface area contributed by atoms with Crippen molar-refractivity contribution in [2.24, 2.45) is 4.99 Å². The highest BCUT2D eigenvalue weighted by atomic mass is 79.9. The van der Waals surface area contributed by atoms with Crippen molar-refractivity contribution in [3.05, 3.63) is 75.0 Å². The van der Waals surface area contributed by atoms with Gasteiger partial charge in [0.2, 0.25) is 5.95 Å². The smallest absolute Gasteiger partial charge is 0.249 e. The summed E-state index contributed by atoms with van der Waals surface area (Å²) in [6, 6.07) is 18.0. The maximum Gasteiger partial charge on any atom is 0.249 e. The molecule has 0 saturated heterocycles. The van der Waals surface area contributed by atoms with Gasteiger partial charge in [-0.2, -0.15) is 0 Å². The van der Waals surface area contributed by atoms with E-state index in [0.717, 1.165) is 15.6 Å². The third-order valence-corrected chi connectivity index (χ3v) is 3.96. The van der Waals surface area contributed by atoms with Gasteiger partial charge in [-0.1, -0.05) is 58.4 Å². The molecule has 0 aliphatic rings. The van der Waals surface area contributed by atoms with Crippen LogP contribution in [0.2, 0.25) is 0 Å². The molecule has 0 spiro atoms. The van der Waals surface area contributed by atoms with Gasteiger partial charge in [0.05, 0.1) is 6.54 Å². The van der Waals surface area contributed by atoms with Crippen LogP contribution in [0.15, 0.2) is 64.1 Å².